The zero-order chi connectivity index (χ0) is 13.7. The van der Waals surface area contributed by atoms with Crippen molar-refractivity contribution in [1.29, 1.82) is 0 Å². The molecular weight excluding hydrogens is 345 g/mol. The van der Waals surface area contributed by atoms with E-state index in [4.69, 9.17) is 5.73 Å². The minimum Gasteiger partial charge on any atom is -0.352 e. The topological polar surface area (TPSA) is 84.2 Å². The SMILES string of the molecule is CC(C)C(NC(N)=O)C(=O)Nc1cccc(I)c1. The molecule has 1 aromatic rings. The van der Waals surface area contributed by atoms with Crippen molar-refractivity contribution in [2.24, 2.45) is 11.7 Å². The normalized spacial score (nSPS) is 12.0. The van der Waals surface area contributed by atoms with E-state index in [1.54, 1.807) is 6.07 Å². The Morgan fingerprint density at radius 1 is 1.33 bits per heavy atom. The van der Waals surface area contributed by atoms with E-state index in [-0.39, 0.29) is 11.8 Å². The second kappa shape index (κ2) is 6.58. The van der Waals surface area contributed by atoms with Crippen molar-refractivity contribution >= 4 is 40.2 Å². The van der Waals surface area contributed by atoms with Crippen LogP contribution in [0, 0.1) is 9.49 Å². The van der Waals surface area contributed by atoms with Crippen molar-refractivity contribution in [2.45, 2.75) is 19.9 Å². The molecule has 0 radical (unpaired) electrons. The average molecular weight is 361 g/mol. The maximum Gasteiger partial charge on any atom is 0.312 e. The summed E-state index contributed by atoms with van der Waals surface area (Å²) in [5, 5.41) is 5.19. The maximum absolute atomic E-state index is 12.0. The Hall–Kier alpha value is -1.31. The molecule has 0 saturated carbocycles. The second-order valence-electron chi connectivity index (χ2n) is 4.23. The number of amides is 3. The van der Waals surface area contributed by atoms with Gasteiger partial charge in [-0.3, -0.25) is 4.79 Å². The minimum atomic E-state index is -0.702. The number of anilines is 1. The minimum absolute atomic E-state index is 0.0414. The third-order valence-corrected chi connectivity index (χ3v) is 3.01. The summed E-state index contributed by atoms with van der Waals surface area (Å²) in [6, 6.07) is 6.08. The van der Waals surface area contributed by atoms with Crippen LogP contribution in [0.4, 0.5) is 10.5 Å². The van der Waals surface area contributed by atoms with Gasteiger partial charge in [-0.1, -0.05) is 19.9 Å². The Morgan fingerprint density at radius 3 is 2.50 bits per heavy atom. The Labute approximate surface area is 120 Å². The van der Waals surface area contributed by atoms with Crippen LogP contribution in [0.2, 0.25) is 0 Å². The predicted octanol–water partition coefficient (Wildman–Crippen LogP) is 1.92. The van der Waals surface area contributed by atoms with E-state index in [9.17, 15) is 9.59 Å². The molecule has 0 fully saturated rings. The third kappa shape index (κ3) is 4.52. The fourth-order valence-electron chi connectivity index (χ4n) is 1.47. The van der Waals surface area contributed by atoms with Gasteiger partial charge < -0.3 is 16.4 Å². The molecule has 1 aromatic carbocycles. The number of rotatable bonds is 4. The van der Waals surface area contributed by atoms with E-state index in [0.29, 0.717) is 5.69 Å². The van der Waals surface area contributed by atoms with E-state index < -0.39 is 12.1 Å². The summed E-state index contributed by atoms with van der Waals surface area (Å²) in [7, 11) is 0. The molecule has 0 heterocycles. The van der Waals surface area contributed by atoms with Crippen molar-refractivity contribution < 1.29 is 9.59 Å². The number of carbonyl (C=O) groups excluding carboxylic acids is 2. The number of hydrogen-bond donors (Lipinski definition) is 3. The summed E-state index contributed by atoms with van der Waals surface area (Å²) < 4.78 is 1.02. The zero-order valence-corrected chi connectivity index (χ0v) is 12.4. The Kier molecular flexibility index (Phi) is 5.39. The highest BCUT2D eigenvalue weighted by atomic mass is 127. The number of nitrogens with one attached hydrogen (secondary N) is 2. The first kappa shape index (κ1) is 14.7. The maximum atomic E-state index is 12.0. The fourth-order valence-corrected chi connectivity index (χ4v) is 2.02. The van der Waals surface area contributed by atoms with Gasteiger partial charge in [0, 0.05) is 9.26 Å². The highest BCUT2D eigenvalue weighted by molar-refractivity contribution is 14.1. The molecule has 1 unspecified atom stereocenters. The predicted molar refractivity (Wildman–Crippen MR) is 79.1 cm³/mol. The molecule has 4 N–H and O–H groups in total. The van der Waals surface area contributed by atoms with Crippen LogP contribution in [0.5, 0.6) is 0 Å². The first-order valence-corrected chi connectivity index (χ1v) is 6.60. The molecule has 0 aromatic heterocycles. The van der Waals surface area contributed by atoms with Gasteiger partial charge in [0.15, 0.2) is 0 Å². The van der Waals surface area contributed by atoms with Gasteiger partial charge in [0.2, 0.25) is 5.91 Å². The highest BCUT2D eigenvalue weighted by Gasteiger charge is 2.23. The summed E-state index contributed by atoms with van der Waals surface area (Å²) in [5.41, 5.74) is 5.75. The Bertz CT molecular complexity index is 449. The molecule has 0 aliphatic heterocycles. The Morgan fingerprint density at radius 2 is 2.00 bits per heavy atom. The quantitative estimate of drug-likeness (QED) is 0.716. The molecule has 98 valence electrons. The summed E-state index contributed by atoms with van der Waals surface area (Å²) >= 11 is 2.16. The molecular formula is C12H16IN3O2. The molecule has 6 heteroatoms. The van der Waals surface area contributed by atoms with Gasteiger partial charge in [-0.15, -0.1) is 0 Å². The van der Waals surface area contributed by atoms with Crippen molar-refractivity contribution in [3.05, 3.63) is 27.8 Å². The zero-order valence-electron chi connectivity index (χ0n) is 10.2. The van der Waals surface area contributed by atoms with E-state index in [0.717, 1.165) is 3.57 Å². The molecule has 0 aliphatic carbocycles. The first-order chi connectivity index (χ1) is 8.40. The lowest BCUT2D eigenvalue weighted by Crippen LogP contribution is -2.49. The van der Waals surface area contributed by atoms with Crippen LogP contribution in [0.25, 0.3) is 0 Å². The Balaban J connectivity index is 2.75. The molecule has 18 heavy (non-hydrogen) atoms. The number of halogens is 1. The summed E-state index contributed by atoms with van der Waals surface area (Å²) in [6.45, 7) is 3.68. The number of urea groups is 1. The van der Waals surface area contributed by atoms with Crippen LogP contribution in [0.3, 0.4) is 0 Å². The van der Waals surface area contributed by atoms with Crippen molar-refractivity contribution in [3.63, 3.8) is 0 Å². The fraction of sp³-hybridized carbons (Fsp3) is 0.333. The smallest absolute Gasteiger partial charge is 0.312 e. The number of benzene rings is 1. The summed E-state index contributed by atoms with van der Waals surface area (Å²) in [6.07, 6.45) is 0. The van der Waals surface area contributed by atoms with E-state index >= 15 is 0 Å². The van der Waals surface area contributed by atoms with Crippen molar-refractivity contribution in [3.8, 4) is 0 Å². The second-order valence-corrected chi connectivity index (χ2v) is 5.48. The number of primary amides is 1. The van der Waals surface area contributed by atoms with Crippen molar-refractivity contribution in [2.75, 3.05) is 5.32 Å². The molecule has 0 bridgehead atoms. The van der Waals surface area contributed by atoms with E-state index in [1.165, 1.54) is 0 Å². The van der Waals surface area contributed by atoms with E-state index in [2.05, 4.69) is 33.2 Å². The van der Waals surface area contributed by atoms with Crippen LogP contribution in [-0.2, 0) is 4.79 Å². The first-order valence-electron chi connectivity index (χ1n) is 5.52. The average Bonchev–Trinajstić information content (AvgIpc) is 2.25. The largest absolute Gasteiger partial charge is 0.352 e. The molecule has 0 aliphatic rings. The lowest BCUT2D eigenvalue weighted by atomic mass is 10.0. The monoisotopic (exact) mass is 361 g/mol. The summed E-state index contributed by atoms with van der Waals surface area (Å²) in [4.78, 5) is 22.9. The molecule has 1 rings (SSSR count). The van der Waals surface area contributed by atoms with Gasteiger partial charge in [0.25, 0.3) is 0 Å². The molecule has 0 spiro atoms. The third-order valence-electron chi connectivity index (χ3n) is 2.34. The lowest BCUT2D eigenvalue weighted by molar-refractivity contribution is -0.118. The number of nitrogens with two attached hydrogens (primary N) is 1. The molecule has 5 nitrogen and oxygen atoms in total. The van der Waals surface area contributed by atoms with Crippen LogP contribution >= 0.6 is 22.6 Å². The molecule has 0 saturated heterocycles. The van der Waals surface area contributed by atoms with Gasteiger partial charge in [0.1, 0.15) is 6.04 Å². The number of carbonyl (C=O) groups is 2. The van der Waals surface area contributed by atoms with E-state index in [1.807, 2.05) is 32.0 Å². The van der Waals surface area contributed by atoms with Gasteiger partial charge in [-0.05, 0) is 46.7 Å². The van der Waals surface area contributed by atoms with Crippen LogP contribution in [0.1, 0.15) is 13.8 Å². The lowest BCUT2D eigenvalue weighted by Gasteiger charge is -2.20. The van der Waals surface area contributed by atoms with Crippen LogP contribution in [0.15, 0.2) is 24.3 Å². The van der Waals surface area contributed by atoms with Crippen molar-refractivity contribution in [1.82, 2.24) is 5.32 Å². The van der Waals surface area contributed by atoms with Crippen LogP contribution < -0.4 is 16.4 Å². The molecule has 1 atom stereocenters. The van der Waals surface area contributed by atoms with Gasteiger partial charge >= 0.3 is 6.03 Å². The van der Waals surface area contributed by atoms with Crippen LogP contribution in [-0.4, -0.2) is 18.0 Å². The summed E-state index contributed by atoms with van der Waals surface area (Å²) in [5.74, 6) is -0.314. The molecule has 3 amide bonds. The number of hydrogen-bond acceptors (Lipinski definition) is 2. The van der Waals surface area contributed by atoms with Gasteiger partial charge in [-0.2, -0.15) is 0 Å². The standard InChI is InChI=1S/C12H16IN3O2/c1-7(2)10(16-12(14)18)11(17)15-9-5-3-4-8(13)6-9/h3-7,10H,1-2H3,(H,15,17)(H3,14,16,18). The van der Waals surface area contributed by atoms with Gasteiger partial charge in [0.05, 0.1) is 0 Å². The highest BCUT2D eigenvalue weighted by Crippen LogP contribution is 2.13. The van der Waals surface area contributed by atoms with Gasteiger partial charge in [-0.25, -0.2) is 4.79 Å².